The summed E-state index contributed by atoms with van der Waals surface area (Å²) in [5, 5.41) is 12.8. The van der Waals surface area contributed by atoms with Crippen LogP contribution in [0.1, 0.15) is 10.4 Å². The van der Waals surface area contributed by atoms with Gasteiger partial charge in [0, 0.05) is 11.6 Å². The van der Waals surface area contributed by atoms with Crippen molar-refractivity contribution in [2.24, 2.45) is 0 Å². The molecule has 0 amide bonds. The van der Waals surface area contributed by atoms with Gasteiger partial charge < -0.3 is 10.4 Å². The lowest BCUT2D eigenvalue weighted by molar-refractivity contribution is 0.0697. The Hall–Kier alpha value is -3.02. The van der Waals surface area contributed by atoms with Crippen LogP contribution < -0.4 is 5.32 Å². The minimum absolute atomic E-state index is 0.127. The van der Waals surface area contributed by atoms with E-state index in [0.29, 0.717) is 10.8 Å². The van der Waals surface area contributed by atoms with Crippen LogP contribution >= 0.6 is 0 Å². The van der Waals surface area contributed by atoms with Gasteiger partial charge in [-0.1, -0.05) is 6.07 Å². The monoisotopic (exact) mass is 300 g/mol. The summed E-state index contributed by atoms with van der Waals surface area (Å²) in [5.74, 6) is -2.27. The highest BCUT2D eigenvalue weighted by Crippen LogP contribution is 2.27. The standard InChI is InChI=1S/C16H10F2N2O2/c17-12-2-1-3-13(18)14(12)20-15-11-5-4-10(16(21)22)8-9(11)6-7-19-15/h1-8H,(H,19,20)(H,21,22). The molecular weight excluding hydrogens is 290 g/mol. The van der Waals surface area contributed by atoms with Crippen molar-refractivity contribution in [3.05, 3.63) is 65.9 Å². The van der Waals surface area contributed by atoms with Crippen LogP contribution in [0.5, 0.6) is 0 Å². The molecule has 4 nitrogen and oxygen atoms in total. The SMILES string of the molecule is O=C(O)c1ccc2c(Nc3c(F)cccc3F)nccc2c1. The van der Waals surface area contributed by atoms with Crippen molar-refractivity contribution in [3.8, 4) is 0 Å². The molecule has 3 rings (SSSR count). The smallest absolute Gasteiger partial charge is 0.335 e. The zero-order valence-electron chi connectivity index (χ0n) is 11.2. The molecule has 0 aliphatic rings. The van der Waals surface area contributed by atoms with Gasteiger partial charge in [-0.15, -0.1) is 0 Å². The van der Waals surface area contributed by atoms with Gasteiger partial charge in [0.25, 0.3) is 0 Å². The highest BCUT2D eigenvalue weighted by Gasteiger charge is 2.12. The quantitative estimate of drug-likeness (QED) is 0.768. The summed E-state index contributed by atoms with van der Waals surface area (Å²) in [6.07, 6.45) is 1.44. The maximum absolute atomic E-state index is 13.7. The van der Waals surface area contributed by atoms with E-state index in [1.165, 1.54) is 24.4 Å². The van der Waals surface area contributed by atoms with Crippen molar-refractivity contribution in [2.75, 3.05) is 5.32 Å². The molecule has 0 spiro atoms. The van der Waals surface area contributed by atoms with Crippen LogP contribution in [0, 0.1) is 11.6 Å². The Morgan fingerprint density at radius 2 is 1.82 bits per heavy atom. The number of halogens is 2. The fraction of sp³-hybridized carbons (Fsp3) is 0. The van der Waals surface area contributed by atoms with Crippen molar-refractivity contribution in [1.29, 1.82) is 0 Å². The summed E-state index contributed by atoms with van der Waals surface area (Å²) in [4.78, 5) is 15.0. The second-order valence-electron chi connectivity index (χ2n) is 4.62. The molecule has 1 heterocycles. The van der Waals surface area contributed by atoms with Gasteiger partial charge in [-0.25, -0.2) is 18.6 Å². The number of anilines is 2. The predicted molar refractivity (Wildman–Crippen MR) is 78.3 cm³/mol. The summed E-state index contributed by atoms with van der Waals surface area (Å²) in [6.45, 7) is 0. The van der Waals surface area contributed by atoms with Gasteiger partial charge in [0.1, 0.15) is 23.1 Å². The number of carboxylic acid groups (broad SMARTS) is 1. The van der Waals surface area contributed by atoms with Crippen LogP contribution in [-0.2, 0) is 0 Å². The average molecular weight is 300 g/mol. The molecule has 0 aliphatic carbocycles. The molecule has 2 aromatic carbocycles. The van der Waals surface area contributed by atoms with E-state index in [1.54, 1.807) is 12.1 Å². The average Bonchev–Trinajstić information content (AvgIpc) is 2.50. The number of rotatable bonds is 3. The van der Waals surface area contributed by atoms with Crippen LogP contribution in [0.4, 0.5) is 20.3 Å². The van der Waals surface area contributed by atoms with E-state index in [1.807, 2.05) is 0 Å². The van der Waals surface area contributed by atoms with E-state index in [-0.39, 0.29) is 17.1 Å². The Morgan fingerprint density at radius 1 is 1.09 bits per heavy atom. The van der Waals surface area contributed by atoms with Gasteiger partial charge in [-0.2, -0.15) is 0 Å². The number of carbonyl (C=O) groups is 1. The summed E-state index contributed by atoms with van der Waals surface area (Å²) in [5.41, 5.74) is -0.175. The molecule has 0 bridgehead atoms. The molecule has 0 saturated heterocycles. The molecular formula is C16H10F2N2O2. The van der Waals surface area contributed by atoms with Gasteiger partial charge in [0.15, 0.2) is 0 Å². The Bertz CT molecular complexity index is 861. The molecule has 0 saturated carbocycles. The summed E-state index contributed by atoms with van der Waals surface area (Å²) >= 11 is 0. The predicted octanol–water partition coefficient (Wildman–Crippen LogP) is 3.95. The normalized spacial score (nSPS) is 10.6. The number of nitrogens with one attached hydrogen (secondary N) is 1. The highest BCUT2D eigenvalue weighted by atomic mass is 19.1. The van der Waals surface area contributed by atoms with Gasteiger partial charge in [0.2, 0.25) is 0 Å². The second-order valence-corrected chi connectivity index (χ2v) is 4.62. The van der Waals surface area contributed by atoms with E-state index < -0.39 is 17.6 Å². The Morgan fingerprint density at radius 3 is 2.50 bits per heavy atom. The van der Waals surface area contributed by atoms with Gasteiger partial charge in [-0.05, 0) is 41.8 Å². The third kappa shape index (κ3) is 2.46. The fourth-order valence-electron chi connectivity index (χ4n) is 2.15. The highest BCUT2D eigenvalue weighted by molar-refractivity contribution is 5.98. The topological polar surface area (TPSA) is 62.2 Å². The molecule has 1 aromatic heterocycles. The number of fused-ring (bicyclic) bond motifs is 1. The van der Waals surface area contributed by atoms with Gasteiger partial charge in [0.05, 0.1) is 5.56 Å². The maximum atomic E-state index is 13.7. The maximum Gasteiger partial charge on any atom is 0.335 e. The number of pyridine rings is 1. The van der Waals surface area contributed by atoms with E-state index in [4.69, 9.17) is 5.11 Å². The zero-order chi connectivity index (χ0) is 15.7. The second kappa shape index (κ2) is 5.40. The lowest BCUT2D eigenvalue weighted by atomic mass is 10.1. The van der Waals surface area contributed by atoms with Crippen LogP contribution in [0.15, 0.2) is 48.7 Å². The lowest BCUT2D eigenvalue weighted by Crippen LogP contribution is -2.01. The minimum Gasteiger partial charge on any atom is -0.478 e. The minimum atomic E-state index is -1.05. The molecule has 22 heavy (non-hydrogen) atoms. The fourth-order valence-corrected chi connectivity index (χ4v) is 2.15. The summed E-state index contributed by atoms with van der Waals surface area (Å²) in [7, 11) is 0. The summed E-state index contributed by atoms with van der Waals surface area (Å²) in [6, 6.07) is 9.61. The third-order valence-corrected chi connectivity index (χ3v) is 3.22. The van der Waals surface area contributed by atoms with Crippen molar-refractivity contribution in [2.45, 2.75) is 0 Å². The van der Waals surface area contributed by atoms with Gasteiger partial charge >= 0.3 is 5.97 Å². The van der Waals surface area contributed by atoms with Crippen LogP contribution in [-0.4, -0.2) is 16.1 Å². The van der Waals surface area contributed by atoms with E-state index in [2.05, 4.69) is 10.3 Å². The molecule has 3 aromatic rings. The lowest BCUT2D eigenvalue weighted by Gasteiger charge is -2.10. The first-order valence-corrected chi connectivity index (χ1v) is 6.39. The number of carboxylic acids is 1. The van der Waals surface area contributed by atoms with Gasteiger partial charge in [-0.3, -0.25) is 0 Å². The molecule has 6 heteroatoms. The summed E-state index contributed by atoms with van der Waals surface area (Å²) < 4.78 is 27.4. The Kier molecular flexibility index (Phi) is 3.42. The first kappa shape index (κ1) is 13.9. The number of aromatic carboxylic acids is 1. The Labute approximate surface area is 124 Å². The first-order chi connectivity index (χ1) is 10.6. The first-order valence-electron chi connectivity index (χ1n) is 6.39. The van der Waals surface area contributed by atoms with Crippen LogP contribution in [0.2, 0.25) is 0 Å². The van der Waals surface area contributed by atoms with Crippen molar-refractivity contribution in [3.63, 3.8) is 0 Å². The van der Waals surface area contributed by atoms with E-state index in [9.17, 15) is 13.6 Å². The number of hydrogen-bond donors (Lipinski definition) is 2. The third-order valence-electron chi connectivity index (χ3n) is 3.22. The molecule has 0 fully saturated rings. The van der Waals surface area contributed by atoms with E-state index >= 15 is 0 Å². The molecule has 0 radical (unpaired) electrons. The number of nitrogens with zero attached hydrogens (tertiary/aromatic N) is 1. The molecule has 0 atom stereocenters. The zero-order valence-corrected chi connectivity index (χ0v) is 11.2. The number of para-hydroxylation sites is 1. The van der Waals surface area contributed by atoms with Crippen LogP contribution in [0.3, 0.4) is 0 Å². The van der Waals surface area contributed by atoms with E-state index in [0.717, 1.165) is 12.1 Å². The largest absolute Gasteiger partial charge is 0.478 e. The van der Waals surface area contributed by atoms with Crippen molar-refractivity contribution < 1.29 is 18.7 Å². The molecule has 0 aliphatic heterocycles. The van der Waals surface area contributed by atoms with Crippen molar-refractivity contribution in [1.82, 2.24) is 4.98 Å². The Balaban J connectivity index is 2.10. The number of benzene rings is 2. The molecule has 110 valence electrons. The van der Waals surface area contributed by atoms with Crippen LogP contribution in [0.25, 0.3) is 10.8 Å². The molecule has 0 unspecified atom stereocenters. The molecule has 2 N–H and O–H groups in total. The van der Waals surface area contributed by atoms with Crippen molar-refractivity contribution >= 4 is 28.2 Å². The number of aromatic nitrogens is 1. The number of hydrogen-bond acceptors (Lipinski definition) is 3.